The molecule has 2 fully saturated rings. The predicted molar refractivity (Wildman–Crippen MR) is 127 cm³/mol. The molecule has 3 rings (SSSR count). The molecule has 2 aliphatic heterocycles. The van der Waals surface area contributed by atoms with Gasteiger partial charge in [0, 0.05) is 36.1 Å². The van der Waals surface area contributed by atoms with E-state index >= 15 is 0 Å². The van der Waals surface area contributed by atoms with Crippen molar-refractivity contribution in [1.82, 2.24) is 20.4 Å². The first-order valence-electron chi connectivity index (χ1n) is 11.6. The third kappa shape index (κ3) is 6.46. The van der Waals surface area contributed by atoms with E-state index in [1.165, 1.54) is 36.3 Å². The SMILES string of the molecule is CCCN1CCC(N2C[C@@H](NCc3ccc(SC)cc3)C[C@H]2C(=O)NC(C)C)CC1. The van der Waals surface area contributed by atoms with Gasteiger partial charge in [-0.15, -0.1) is 11.8 Å². The second-order valence-corrected chi connectivity index (χ2v) is 9.99. The van der Waals surface area contributed by atoms with Crippen molar-refractivity contribution in [3.8, 4) is 0 Å². The van der Waals surface area contributed by atoms with Crippen LogP contribution in [-0.2, 0) is 11.3 Å². The number of nitrogens with zero attached hydrogens (tertiary/aromatic N) is 2. The fraction of sp³-hybridized carbons (Fsp3) is 0.708. The molecule has 0 aromatic heterocycles. The highest BCUT2D eigenvalue weighted by molar-refractivity contribution is 7.98. The Kier molecular flexibility index (Phi) is 9.05. The fourth-order valence-corrected chi connectivity index (χ4v) is 5.26. The van der Waals surface area contributed by atoms with Gasteiger partial charge in [0.1, 0.15) is 0 Å². The lowest BCUT2D eigenvalue weighted by atomic mass is 10.0. The summed E-state index contributed by atoms with van der Waals surface area (Å²) in [5.74, 6) is 0.203. The molecule has 0 saturated carbocycles. The van der Waals surface area contributed by atoms with E-state index in [1.54, 1.807) is 11.8 Å². The van der Waals surface area contributed by atoms with Gasteiger partial charge in [-0.05, 0) is 83.1 Å². The van der Waals surface area contributed by atoms with E-state index in [0.29, 0.717) is 12.1 Å². The number of piperidine rings is 1. The van der Waals surface area contributed by atoms with Gasteiger partial charge in [-0.3, -0.25) is 9.69 Å². The lowest BCUT2D eigenvalue weighted by molar-refractivity contribution is -0.127. The first-order chi connectivity index (χ1) is 14.5. The summed E-state index contributed by atoms with van der Waals surface area (Å²) >= 11 is 1.77. The number of nitrogens with one attached hydrogen (secondary N) is 2. The summed E-state index contributed by atoms with van der Waals surface area (Å²) in [5, 5.41) is 6.90. The number of amides is 1. The van der Waals surface area contributed by atoms with Crippen molar-refractivity contribution in [2.24, 2.45) is 0 Å². The maximum absolute atomic E-state index is 13.0. The largest absolute Gasteiger partial charge is 0.353 e. The fourth-order valence-electron chi connectivity index (χ4n) is 4.85. The predicted octanol–water partition coefficient (Wildman–Crippen LogP) is 3.34. The van der Waals surface area contributed by atoms with Gasteiger partial charge in [0.05, 0.1) is 6.04 Å². The molecule has 2 saturated heterocycles. The molecule has 1 aromatic carbocycles. The Morgan fingerprint density at radius 1 is 1.20 bits per heavy atom. The zero-order valence-corrected chi connectivity index (χ0v) is 20.0. The molecule has 0 bridgehead atoms. The summed E-state index contributed by atoms with van der Waals surface area (Å²) < 4.78 is 0. The van der Waals surface area contributed by atoms with Crippen molar-refractivity contribution >= 4 is 17.7 Å². The number of rotatable bonds is 9. The molecule has 6 heteroatoms. The summed E-state index contributed by atoms with van der Waals surface area (Å²) in [5.41, 5.74) is 1.31. The molecule has 30 heavy (non-hydrogen) atoms. The number of carbonyl (C=O) groups excluding carboxylic acids is 1. The normalized spacial score (nSPS) is 23.9. The third-order valence-corrected chi connectivity index (χ3v) is 7.14. The summed E-state index contributed by atoms with van der Waals surface area (Å²) in [4.78, 5) is 19.4. The summed E-state index contributed by atoms with van der Waals surface area (Å²) in [6, 6.07) is 9.85. The molecule has 0 radical (unpaired) electrons. The van der Waals surface area contributed by atoms with Gasteiger partial charge in [0.2, 0.25) is 5.91 Å². The quantitative estimate of drug-likeness (QED) is 0.586. The lowest BCUT2D eigenvalue weighted by Crippen LogP contribution is -2.52. The highest BCUT2D eigenvalue weighted by Gasteiger charge is 2.41. The molecule has 1 amide bonds. The molecular formula is C24H40N4OS. The number of likely N-dealkylation sites (tertiary alicyclic amines) is 2. The molecule has 0 unspecified atom stereocenters. The topological polar surface area (TPSA) is 47.6 Å². The number of hydrogen-bond donors (Lipinski definition) is 2. The first-order valence-corrected chi connectivity index (χ1v) is 12.9. The van der Waals surface area contributed by atoms with Crippen LogP contribution >= 0.6 is 11.8 Å². The minimum atomic E-state index is -0.00788. The Hall–Kier alpha value is -1.08. The van der Waals surface area contributed by atoms with E-state index in [1.807, 2.05) is 0 Å². The number of carbonyl (C=O) groups is 1. The van der Waals surface area contributed by atoms with Crippen LogP contribution < -0.4 is 10.6 Å². The molecule has 1 aromatic rings. The van der Waals surface area contributed by atoms with Crippen LogP contribution in [0.3, 0.4) is 0 Å². The van der Waals surface area contributed by atoms with Crippen LogP contribution in [0.4, 0.5) is 0 Å². The van der Waals surface area contributed by atoms with E-state index in [2.05, 4.69) is 71.7 Å². The van der Waals surface area contributed by atoms with Gasteiger partial charge >= 0.3 is 0 Å². The molecule has 0 spiro atoms. The standard InChI is InChI=1S/C24H40N4OS/c1-5-12-27-13-10-21(11-14-27)28-17-20(15-23(28)24(29)26-18(2)3)25-16-19-6-8-22(30-4)9-7-19/h6-9,18,20-21,23,25H,5,10-17H2,1-4H3,(H,26,29)/t20-,23-/m0/s1. The molecule has 5 nitrogen and oxygen atoms in total. The van der Waals surface area contributed by atoms with Gasteiger partial charge in [-0.1, -0.05) is 19.1 Å². The summed E-state index contributed by atoms with van der Waals surface area (Å²) in [7, 11) is 0. The van der Waals surface area contributed by atoms with Crippen molar-refractivity contribution < 1.29 is 4.79 Å². The molecule has 0 aliphatic carbocycles. The Bertz CT molecular complexity index is 658. The molecule has 2 atom stereocenters. The average molecular weight is 433 g/mol. The van der Waals surface area contributed by atoms with Crippen molar-refractivity contribution in [1.29, 1.82) is 0 Å². The first kappa shape index (κ1) is 23.6. The second kappa shape index (κ2) is 11.5. The Labute approximate surface area is 187 Å². The van der Waals surface area contributed by atoms with Crippen molar-refractivity contribution in [3.63, 3.8) is 0 Å². The van der Waals surface area contributed by atoms with Gasteiger partial charge < -0.3 is 15.5 Å². The number of hydrogen-bond acceptors (Lipinski definition) is 5. The summed E-state index contributed by atoms with van der Waals surface area (Å²) in [6.07, 6.45) is 6.58. The second-order valence-electron chi connectivity index (χ2n) is 9.11. The third-order valence-electron chi connectivity index (χ3n) is 6.39. The van der Waals surface area contributed by atoms with Gasteiger partial charge in [0.25, 0.3) is 0 Å². The van der Waals surface area contributed by atoms with Crippen LogP contribution in [0, 0.1) is 0 Å². The van der Waals surface area contributed by atoms with Crippen LogP contribution in [0.1, 0.15) is 52.0 Å². The molecule has 2 aliphatic rings. The average Bonchev–Trinajstić information content (AvgIpc) is 3.17. The van der Waals surface area contributed by atoms with E-state index in [9.17, 15) is 4.79 Å². The smallest absolute Gasteiger partial charge is 0.237 e. The van der Waals surface area contributed by atoms with Crippen molar-refractivity contribution in [2.75, 3.05) is 32.4 Å². The van der Waals surface area contributed by atoms with Crippen molar-refractivity contribution in [3.05, 3.63) is 29.8 Å². The maximum Gasteiger partial charge on any atom is 0.237 e. The molecule has 2 heterocycles. The van der Waals surface area contributed by atoms with Crippen LogP contribution in [0.5, 0.6) is 0 Å². The van der Waals surface area contributed by atoms with Gasteiger partial charge in [0.15, 0.2) is 0 Å². The van der Waals surface area contributed by atoms with Crippen LogP contribution in [0.25, 0.3) is 0 Å². The monoisotopic (exact) mass is 432 g/mol. The van der Waals surface area contributed by atoms with E-state index in [0.717, 1.165) is 32.6 Å². The van der Waals surface area contributed by atoms with E-state index < -0.39 is 0 Å². The minimum absolute atomic E-state index is 0.00788. The number of benzene rings is 1. The zero-order chi connectivity index (χ0) is 21.5. The minimum Gasteiger partial charge on any atom is -0.353 e. The molecule has 2 N–H and O–H groups in total. The van der Waals surface area contributed by atoms with Crippen LogP contribution in [0.15, 0.2) is 29.2 Å². The van der Waals surface area contributed by atoms with E-state index in [4.69, 9.17) is 0 Å². The molecular weight excluding hydrogens is 392 g/mol. The lowest BCUT2D eigenvalue weighted by Gasteiger charge is -2.39. The highest BCUT2D eigenvalue weighted by atomic mass is 32.2. The Balaban J connectivity index is 1.60. The van der Waals surface area contributed by atoms with Crippen molar-refractivity contribution in [2.45, 2.75) is 82.1 Å². The maximum atomic E-state index is 13.0. The highest BCUT2D eigenvalue weighted by Crippen LogP contribution is 2.27. The van der Waals surface area contributed by atoms with Crippen LogP contribution in [-0.4, -0.2) is 72.3 Å². The van der Waals surface area contributed by atoms with E-state index in [-0.39, 0.29) is 18.0 Å². The number of thioether (sulfide) groups is 1. The van der Waals surface area contributed by atoms with Gasteiger partial charge in [-0.2, -0.15) is 0 Å². The Morgan fingerprint density at radius 2 is 1.90 bits per heavy atom. The Morgan fingerprint density at radius 3 is 2.50 bits per heavy atom. The van der Waals surface area contributed by atoms with Gasteiger partial charge in [-0.25, -0.2) is 0 Å². The molecule has 168 valence electrons. The summed E-state index contributed by atoms with van der Waals surface area (Å²) in [6.45, 7) is 11.7. The van der Waals surface area contributed by atoms with Crippen LogP contribution in [0.2, 0.25) is 0 Å². The zero-order valence-electron chi connectivity index (χ0n) is 19.2.